The van der Waals surface area contributed by atoms with E-state index in [9.17, 15) is 14.4 Å². The van der Waals surface area contributed by atoms with Crippen molar-refractivity contribution >= 4 is 29.4 Å². The van der Waals surface area contributed by atoms with Crippen LogP contribution >= 0.6 is 11.8 Å². The smallest absolute Gasteiger partial charge is 0.293 e. The number of thioether (sulfide) groups is 1. The summed E-state index contributed by atoms with van der Waals surface area (Å²) in [4.78, 5) is 42.2. The van der Waals surface area contributed by atoms with Crippen LogP contribution in [0.2, 0.25) is 0 Å². The van der Waals surface area contributed by atoms with Crippen LogP contribution in [0.15, 0.2) is 41.6 Å². The highest BCUT2D eigenvalue weighted by atomic mass is 32.2. The van der Waals surface area contributed by atoms with Crippen molar-refractivity contribution in [2.45, 2.75) is 18.5 Å². The van der Waals surface area contributed by atoms with Crippen molar-refractivity contribution in [1.82, 2.24) is 9.88 Å². The predicted octanol–water partition coefficient (Wildman–Crippen LogP) is 1.26. The molecule has 0 saturated heterocycles. The van der Waals surface area contributed by atoms with Gasteiger partial charge in [-0.1, -0.05) is 23.9 Å². The van der Waals surface area contributed by atoms with Crippen LogP contribution in [-0.2, 0) is 11.3 Å². The number of fused-ring (bicyclic) bond motifs is 1. The lowest BCUT2D eigenvalue weighted by atomic mass is 10.1. The van der Waals surface area contributed by atoms with Gasteiger partial charge in [0.1, 0.15) is 0 Å². The number of ketones is 1. The zero-order valence-electron chi connectivity index (χ0n) is 13.4. The molecule has 0 bridgehead atoms. The number of hydrogen-bond acceptors (Lipinski definition) is 5. The maximum atomic E-state index is 12.3. The van der Waals surface area contributed by atoms with E-state index in [1.807, 2.05) is 19.2 Å². The molecule has 1 aromatic heterocycles. The van der Waals surface area contributed by atoms with Crippen molar-refractivity contribution in [3.05, 3.63) is 53.5 Å². The molecule has 2 heterocycles. The van der Waals surface area contributed by atoms with E-state index in [1.165, 1.54) is 11.8 Å². The molecule has 0 radical (unpaired) electrons. The van der Waals surface area contributed by atoms with E-state index in [0.717, 1.165) is 9.93 Å². The number of imide groups is 1. The van der Waals surface area contributed by atoms with Crippen LogP contribution in [-0.4, -0.2) is 40.3 Å². The van der Waals surface area contributed by atoms with Gasteiger partial charge in [0.2, 0.25) is 5.03 Å². The Morgan fingerprint density at radius 3 is 2.33 bits per heavy atom. The Labute approximate surface area is 143 Å². The minimum Gasteiger partial charge on any atom is -0.293 e. The van der Waals surface area contributed by atoms with Crippen LogP contribution in [0.3, 0.4) is 0 Å². The highest BCUT2D eigenvalue weighted by Gasteiger charge is 2.36. The number of nitrogens with zero attached hydrogens (tertiary/aromatic N) is 3. The molecule has 0 aliphatic carbocycles. The Bertz CT molecular complexity index is 816. The minimum atomic E-state index is -0.415. The number of Topliss-reactive ketones (excluding diaryl/α,β-unsaturated/α-hetero) is 1. The second kappa shape index (κ2) is 6.52. The number of amides is 2. The molecule has 0 spiro atoms. The van der Waals surface area contributed by atoms with Gasteiger partial charge in [-0.3, -0.25) is 19.3 Å². The number of benzene rings is 1. The summed E-state index contributed by atoms with van der Waals surface area (Å²) in [5, 5.41) is 0.872. The first-order valence-corrected chi connectivity index (χ1v) is 8.61. The Hall–Kier alpha value is -2.54. The van der Waals surface area contributed by atoms with Crippen LogP contribution in [0.25, 0.3) is 0 Å². The molecule has 0 fully saturated rings. The molecule has 0 atom stereocenters. The Morgan fingerprint density at radius 1 is 1.17 bits per heavy atom. The fourth-order valence-electron chi connectivity index (χ4n) is 2.60. The van der Waals surface area contributed by atoms with Crippen LogP contribution in [0.4, 0.5) is 0 Å². The first-order valence-electron chi connectivity index (χ1n) is 7.39. The molecule has 24 heavy (non-hydrogen) atoms. The molecule has 1 aliphatic rings. The van der Waals surface area contributed by atoms with E-state index in [-0.39, 0.29) is 18.9 Å². The van der Waals surface area contributed by atoms with Crippen LogP contribution in [0.5, 0.6) is 0 Å². The molecular formula is C17H16N3O3S+. The summed E-state index contributed by atoms with van der Waals surface area (Å²) < 4.78 is 1.71. The summed E-state index contributed by atoms with van der Waals surface area (Å²) in [5.41, 5.74) is 0.704. The average Bonchev–Trinajstić information content (AvgIpc) is 2.82. The normalized spacial score (nSPS) is 13.3. The summed E-state index contributed by atoms with van der Waals surface area (Å²) in [5.74, 6) is -0.350. The number of carbonyl (C=O) groups is 3. The number of hydrogen-bond donors (Lipinski definition) is 0. The molecule has 0 saturated carbocycles. The van der Waals surface area contributed by atoms with Crippen molar-refractivity contribution in [2.24, 2.45) is 0 Å². The van der Waals surface area contributed by atoms with Gasteiger partial charge < -0.3 is 0 Å². The fraction of sp³-hybridized carbons (Fsp3) is 0.235. The van der Waals surface area contributed by atoms with Gasteiger partial charge in [-0.25, -0.2) is 4.57 Å². The van der Waals surface area contributed by atoms with Crippen LogP contribution < -0.4 is 4.57 Å². The topological polar surface area (TPSA) is 71.2 Å². The number of carbonyl (C=O) groups excluding carboxylic acids is 3. The van der Waals surface area contributed by atoms with Gasteiger partial charge in [-0.2, -0.15) is 0 Å². The molecule has 2 aromatic rings. The molecule has 1 aromatic carbocycles. The average molecular weight is 342 g/mol. The quantitative estimate of drug-likeness (QED) is 0.354. The molecule has 3 rings (SSSR count). The van der Waals surface area contributed by atoms with E-state index in [1.54, 1.807) is 35.0 Å². The lowest BCUT2D eigenvalue weighted by molar-refractivity contribution is -0.693. The number of rotatable bonds is 5. The second-order valence-corrected chi connectivity index (χ2v) is 6.25. The van der Waals surface area contributed by atoms with Gasteiger partial charge >= 0.3 is 0 Å². The van der Waals surface area contributed by atoms with Crippen molar-refractivity contribution in [3.63, 3.8) is 0 Å². The monoisotopic (exact) mass is 342 g/mol. The molecule has 6 nitrogen and oxygen atoms in total. The zero-order chi connectivity index (χ0) is 17.3. The van der Waals surface area contributed by atoms with E-state index in [0.29, 0.717) is 17.0 Å². The lowest BCUT2D eigenvalue weighted by Gasteiger charge is -2.12. The standard InChI is InChI=1S/C17H16N3O3S/c1-11-18-15(24-2)7-8-19(11)9-12(21)10-20-16(22)13-5-3-4-6-14(13)17(20)23/h3-8H,9-10H2,1-2H3/q+1. The largest absolute Gasteiger partial charge is 0.297 e. The van der Waals surface area contributed by atoms with Gasteiger partial charge in [0.25, 0.3) is 17.6 Å². The molecule has 7 heteroatoms. The third kappa shape index (κ3) is 2.94. The maximum absolute atomic E-state index is 12.3. The third-order valence-electron chi connectivity index (χ3n) is 3.85. The SMILES string of the molecule is CSc1cc[n+](CC(=O)CN2C(=O)c3ccccc3C2=O)c(C)n1. The lowest BCUT2D eigenvalue weighted by Crippen LogP contribution is -2.45. The molecule has 2 amide bonds. The van der Waals surface area contributed by atoms with Gasteiger partial charge in [-0.15, -0.1) is 0 Å². The summed E-state index contributed by atoms with van der Waals surface area (Å²) in [7, 11) is 0. The van der Waals surface area contributed by atoms with E-state index < -0.39 is 11.8 Å². The van der Waals surface area contributed by atoms with Crippen molar-refractivity contribution in [2.75, 3.05) is 12.8 Å². The van der Waals surface area contributed by atoms with Gasteiger partial charge in [0, 0.05) is 13.0 Å². The van der Waals surface area contributed by atoms with E-state index in [4.69, 9.17) is 0 Å². The maximum Gasteiger partial charge on any atom is 0.297 e. The third-order valence-corrected chi connectivity index (χ3v) is 4.50. The summed E-state index contributed by atoms with van der Waals surface area (Å²) in [6.07, 6.45) is 3.72. The van der Waals surface area contributed by atoms with E-state index in [2.05, 4.69) is 4.98 Å². The zero-order valence-corrected chi connectivity index (χ0v) is 14.2. The van der Waals surface area contributed by atoms with Gasteiger partial charge in [-0.05, 0) is 23.4 Å². The first-order chi connectivity index (χ1) is 11.5. The summed E-state index contributed by atoms with van der Waals surface area (Å²) in [6.45, 7) is 1.65. The number of aryl methyl sites for hydroxylation is 1. The van der Waals surface area contributed by atoms with Gasteiger partial charge in [0.05, 0.1) is 23.9 Å². The molecule has 1 aliphatic heterocycles. The first kappa shape index (κ1) is 16.3. The van der Waals surface area contributed by atoms with Crippen molar-refractivity contribution < 1.29 is 19.0 Å². The Morgan fingerprint density at radius 2 is 1.79 bits per heavy atom. The summed E-state index contributed by atoms with van der Waals surface area (Å²) >= 11 is 1.52. The number of aromatic nitrogens is 2. The fourth-order valence-corrected chi connectivity index (χ4v) is 3.02. The highest BCUT2D eigenvalue weighted by molar-refractivity contribution is 7.98. The highest BCUT2D eigenvalue weighted by Crippen LogP contribution is 2.22. The van der Waals surface area contributed by atoms with Crippen molar-refractivity contribution in [3.8, 4) is 0 Å². The van der Waals surface area contributed by atoms with Gasteiger partial charge in [0.15, 0.2) is 12.3 Å². The van der Waals surface area contributed by atoms with E-state index >= 15 is 0 Å². The molecule has 0 unspecified atom stereocenters. The predicted molar refractivity (Wildman–Crippen MR) is 87.8 cm³/mol. The van der Waals surface area contributed by atoms with Crippen LogP contribution in [0.1, 0.15) is 26.5 Å². The Balaban J connectivity index is 1.72. The molecule has 122 valence electrons. The Kier molecular flexibility index (Phi) is 4.44. The van der Waals surface area contributed by atoms with Crippen molar-refractivity contribution in [1.29, 1.82) is 0 Å². The second-order valence-electron chi connectivity index (χ2n) is 5.43. The molecular weight excluding hydrogens is 326 g/mol. The summed E-state index contributed by atoms with van der Waals surface area (Å²) in [6, 6.07) is 8.43. The van der Waals surface area contributed by atoms with Crippen LogP contribution in [0, 0.1) is 6.92 Å². The minimum absolute atomic E-state index is 0.0703. The molecule has 0 N–H and O–H groups in total.